The Kier molecular flexibility index (Phi) is 3.53. The average Bonchev–Trinajstić information content (AvgIpc) is 2.49. The summed E-state index contributed by atoms with van der Waals surface area (Å²) in [6, 6.07) is 9.41. The molecule has 1 unspecified atom stereocenters. The number of aliphatic hydroxyl groups excluding tert-OH is 1. The lowest BCUT2D eigenvalue weighted by molar-refractivity contribution is 0.219. The van der Waals surface area contributed by atoms with Crippen LogP contribution in [0.25, 0.3) is 0 Å². The van der Waals surface area contributed by atoms with E-state index in [1.807, 2.05) is 18.2 Å². The molecule has 1 aliphatic rings. The van der Waals surface area contributed by atoms with E-state index in [0.717, 1.165) is 37.0 Å². The van der Waals surface area contributed by atoms with Gasteiger partial charge in [-0.2, -0.15) is 0 Å². The Morgan fingerprint density at radius 1 is 0.800 bits per heavy atom. The largest absolute Gasteiger partial charge is 0.384 e. The third-order valence-corrected chi connectivity index (χ3v) is 3.95. The summed E-state index contributed by atoms with van der Waals surface area (Å²) in [5.74, 6) is -1.83. The van der Waals surface area contributed by atoms with Gasteiger partial charge >= 0.3 is 0 Å². The van der Waals surface area contributed by atoms with Crippen molar-refractivity contribution in [3.05, 3.63) is 70.3 Å². The second kappa shape index (κ2) is 5.33. The maximum absolute atomic E-state index is 13.2. The molecule has 0 heterocycles. The van der Waals surface area contributed by atoms with Crippen LogP contribution in [0.1, 0.15) is 41.2 Å². The van der Waals surface area contributed by atoms with Crippen LogP contribution in [0.4, 0.5) is 8.78 Å². The van der Waals surface area contributed by atoms with Crippen molar-refractivity contribution in [3.8, 4) is 0 Å². The molecule has 0 bridgehead atoms. The minimum Gasteiger partial charge on any atom is -0.384 e. The van der Waals surface area contributed by atoms with Crippen molar-refractivity contribution < 1.29 is 13.9 Å². The molecule has 0 fully saturated rings. The minimum absolute atomic E-state index is 0.375. The second-order valence-corrected chi connectivity index (χ2v) is 5.31. The Bertz CT molecular complexity index is 637. The number of benzene rings is 2. The van der Waals surface area contributed by atoms with Crippen LogP contribution in [0.15, 0.2) is 36.4 Å². The van der Waals surface area contributed by atoms with Crippen molar-refractivity contribution in [3.63, 3.8) is 0 Å². The molecule has 0 saturated carbocycles. The third kappa shape index (κ3) is 2.46. The van der Waals surface area contributed by atoms with Gasteiger partial charge < -0.3 is 5.11 Å². The maximum Gasteiger partial charge on any atom is 0.159 e. The monoisotopic (exact) mass is 274 g/mol. The average molecular weight is 274 g/mol. The van der Waals surface area contributed by atoms with Crippen LogP contribution in [0, 0.1) is 11.6 Å². The lowest BCUT2D eigenvalue weighted by Crippen LogP contribution is -2.06. The summed E-state index contributed by atoms with van der Waals surface area (Å²) < 4.78 is 26.2. The summed E-state index contributed by atoms with van der Waals surface area (Å²) in [5.41, 5.74) is 3.70. The fourth-order valence-electron chi connectivity index (χ4n) is 2.80. The fraction of sp³-hybridized carbons (Fsp3) is 0.294. The smallest absolute Gasteiger partial charge is 0.159 e. The highest BCUT2D eigenvalue weighted by Gasteiger charge is 2.16. The van der Waals surface area contributed by atoms with E-state index < -0.39 is 17.7 Å². The molecule has 0 amide bonds. The van der Waals surface area contributed by atoms with E-state index >= 15 is 0 Å². The number of rotatable bonds is 2. The van der Waals surface area contributed by atoms with Gasteiger partial charge in [-0.15, -0.1) is 0 Å². The zero-order valence-corrected chi connectivity index (χ0v) is 11.1. The first kappa shape index (κ1) is 13.3. The van der Waals surface area contributed by atoms with Crippen molar-refractivity contribution in [1.82, 2.24) is 0 Å². The van der Waals surface area contributed by atoms with Gasteiger partial charge in [0, 0.05) is 0 Å². The normalized spacial score (nSPS) is 15.8. The molecule has 1 aliphatic carbocycles. The molecule has 0 saturated heterocycles. The number of halogens is 2. The predicted molar refractivity (Wildman–Crippen MR) is 73.5 cm³/mol. The van der Waals surface area contributed by atoms with Gasteiger partial charge in [-0.1, -0.05) is 24.3 Å². The van der Waals surface area contributed by atoms with Crippen LogP contribution in [0.3, 0.4) is 0 Å². The van der Waals surface area contributed by atoms with Crippen LogP contribution in [0.2, 0.25) is 0 Å². The molecule has 0 aromatic heterocycles. The van der Waals surface area contributed by atoms with Gasteiger partial charge in [0.15, 0.2) is 11.6 Å². The van der Waals surface area contributed by atoms with Gasteiger partial charge in [0.2, 0.25) is 0 Å². The van der Waals surface area contributed by atoms with E-state index in [2.05, 4.69) is 0 Å². The number of fused-ring (bicyclic) bond motifs is 1. The van der Waals surface area contributed by atoms with Crippen molar-refractivity contribution in [2.45, 2.75) is 31.8 Å². The standard InChI is InChI=1S/C17H16F2O/c18-15-8-7-14(10-16(15)19)17(20)13-6-5-11-3-1-2-4-12(11)9-13/h5-10,17,20H,1-4H2. The summed E-state index contributed by atoms with van der Waals surface area (Å²) in [6.45, 7) is 0. The molecule has 1 N–H and O–H groups in total. The van der Waals surface area contributed by atoms with Crippen molar-refractivity contribution in [2.75, 3.05) is 0 Å². The molecular weight excluding hydrogens is 258 g/mol. The summed E-state index contributed by atoms with van der Waals surface area (Å²) in [7, 11) is 0. The van der Waals surface area contributed by atoms with Crippen molar-refractivity contribution >= 4 is 0 Å². The first-order chi connectivity index (χ1) is 9.65. The molecule has 20 heavy (non-hydrogen) atoms. The Hall–Kier alpha value is -1.74. The van der Waals surface area contributed by atoms with E-state index in [-0.39, 0.29) is 0 Å². The van der Waals surface area contributed by atoms with Crippen LogP contribution < -0.4 is 0 Å². The summed E-state index contributed by atoms with van der Waals surface area (Å²) >= 11 is 0. The molecule has 0 spiro atoms. The van der Waals surface area contributed by atoms with Crippen LogP contribution in [-0.4, -0.2) is 5.11 Å². The van der Waals surface area contributed by atoms with Crippen molar-refractivity contribution in [2.24, 2.45) is 0 Å². The molecule has 3 heteroatoms. The van der Waals surface area contributed by atoms with Gasteiger partial charge in [0.1, 0.15) is 6.10 Å². The van der Waals surface area contributed by atoms with E-state index in [1.165, 1.54) is 23.6 Å². The molecule has 1 nitrogen and oxygen atoms in total. The Morgan fingerprint density at radius 2 is 1.45 bits per heavy atom. The van der Waals surface area contributed by atoms with Crippen LogP contribution >= 0.6 is 0 Å². The van der Waals surface area contributed by atoms with Gasteiger partial charge in [0.25, 0.3) is 0 Å². The molecule has 3 rings (SSSR count). The molecule has 1 atom stereocenters. The van der Waals surface area contributed by atoms with Gasteiger partial charge in [-0.3, -0.25) is 0 Å². The molecule has 2 aromatic rings. The number of hydrogen-bond acceptors (Lipinski definition) is 1. The quantitative estimate of drug-likeness (QED) is 0.880. The first-order valence-corrected chi connectivity index (χ1v) is 6.90. The predicted octanol–water partition coefficient (Wildman–Crippen LogP) is 3.93. The minimum atomic E-state index is -0.931. The number of aliphatic hydroxyl groups is 1. The van der Waals surface area contributed by atoms with Crippen molar-refractivity contribution in [1.29, 1.82) is 0 Å². The first-order valence-electron chi connectivity index (χ1n) is 6.90. The van der Waals surface area contributed by atoms with E-state index in [4.69, 9.17) is 0 Å². The fourth-order valence-corrected chi connectivity index (χ4v) is 2.80. The summed E-state index contributed by atoms with van der Waals surface area (Å²) in [4.78, 5) is 0. The third-order valence-electron chi connectivity index (χ3n) is 3.95. The lowest BCUT2D eigenvalue weighted by Gasteiger charge is -2.19. The summed E-state index contributed by atoms with van der Waals surface area (Å²) in [5, 5.41) is 10.3. The zero-order chi connectivity index (χ0) is 14.1. The summed E-state index contributed by atoms with van der Waals surface area (Å²) in [6.07, 6.45) is 3.55. The van der Waals surface area contributed by atoms with Gasteiger partial charge in [0.05, 0.1) is 0 Å². The highest BCUT2D eigenvalue weighted by atomic mass is 19.2. The maximum atomic E-state index is 13.2. The van der Waals surface area contributed by atoms with E-state index in [0.29, 0.717) is 5.56 Å². The van der Waals surface area contributed by atoms with E-state index in [9.17, 15) is 13.9 Å². The molecule has 0 aliphatic heterocycles. The van der Waals surface area contributed by atoms with Gasteiger partial charge in [-0.05, 0) is 60.1 Å². The highest BCUT2D eigenvalue weighted by molar-refractivity contribution is 5.38. The lowest BCUT2D eigenvalue weighted by atomic mass is 9.88. The molecule has 0 radical (unpaired) electrons. The number of aryl methyl sites for hydroxylation is 2. The zero-order valence-electron chi connectivity index (χ0n) is 11.1. The second-order valence-electron chi connectivity index (χ2n) is 5.31. The van der Waals surface area contributed by atoms with Crippen LogP contribution in [0.5, 0.6) is 0 Å². The highest BCUT2D eigenvalue weighted by Crippen LogP contribution is 2.28. The SMILES string of the molecule is OC(c1ccc(F)c(F)c1)c1ccc2c(c1)CCCC2. The Labute approximate surface area is 116 Å². The topological polar surface area (TPSA) is 20.2 Å². The Balaban J connectivity index is 1.93. The van der Waals surface area contributed by atoms with Gasteiger partial charge in [-0.25, -0.2) is 8.78 Å². The van der Waals surface area contributed by atoms with Crippen LogP contribution in [-0.2, 0) is 12.8 Å². The number of hydrogen-bond donors (Lipinski definition) is 1. The van der Waals surface area contributed by atoms with E-state index in [1.54, 1.807) is 0 Å². The molecular formula is C17H16F2O. The molecule has 104 valence electrons. The Morgan fingerprint density at radius 3 is 2.20 bits per heavy atom. The molecule has 2 aromatic carbocycles.